The lowest BCUT2D eigenvalue weighted by atomic mass is 10.1. The van der Waals surface area contributed by atoms with E-state index in [0.29, 0.717) is 5.54 Å². The Hall–Kier alpha value is 0.250. The number of halogens is 1. The molecule has 0 saturated heterocycles. The van der Waals surface area contributed by atoms with E-state index in [1.165, 1.54) is 0 Å². The van der Waals surface area contributed by atoms with Crippen molar-refractivity contribution in [2.24, 2.45) is 0 Å². The summed E-state index contributed by atoms with van der Waals surface area (Å²) in [7, 11) is 4.17. The number of rotatable bonds is 0. The van der Waals surface area contributed by atoms with Gasteiger partial charge in [0.25, 0.3) is 0 Å². The molecule has 0 saturated carbocycles. The molecule has 0 bridgehead atoms. The summed E-state index contributed by atoms with van der Waals surface area (Å²) >= 11 is 0. The largest absolute Gasteiger partial charge is 0.305 e. The van der Waals surface area contributed by atoms with Gasteiger partial charge in [-0.25, -0.2) is 0 Å². The Labute approximate surface area is 58.5 Å². The Kier molecular flexibility index (Phi) is 4.59. The fourth-order valence-electron chi connectivity index (χ4n) is 0. The van der Waals surface area contributed by atoms with Gasteiger partial charge < -0.3 is 4.90 Å². The molecule has 0 heterocycles. The second-order valence-electron chi connectivity index (χ2n) is 3.07. The standard InChI is InChI=1S/C6H15N.ClH/c1-6(2,3)7(4)5;/h1-5H3;1H. The van der Waals surface area contributed by atoms with Gasteiger partial charge in [-0.2, -0.15) is 0 Å². The van der Waals surface area contributed by atoms with Crippen molar-refractivity contribution in [2.75, 3.05) is 14.1 Å². The second-order valence-corrected chi connectivity index (χ2v) is 3.07. The molecule has 0 aromatic carbocycles. The minimum atomic E-state index is 0. The highest BCUT2D eigenvalue weighted by Crippen LogP contribution is 2.05. The van der Waals surface area contributed by atoms with Crippen LogP contribution in [0.15, 0.2) is 0 Å². The van der Waals surface area contributed by atoms with E-state index in [1.807, 2.05) is 0 Å². The van der Waals surface area contributed by atoms with Gasteiger partial charge in [0.05, 0.1) is 0 Å². The summed E-state index contributed by atoms with van der Waals surface area (Å²) < 4.78 is 0. The molecule has 0 aliphatic heterocycles. The number of hydrogen-bond acceptors (Lipinski definition) is 1. The first-order valence-corrected chi connectivity index (χ1v) is 2.62. The Bertz CT molecular complexity index is 54.0. The molecule has 0 radical (unpaired) electrons. The van der Waals surface area contributed by atoms with Crippen LogP contribution < -0.4 is 0 Å². The zero-order chi connectivity index (χ0) is 6.08. The van der Waals surface area contributed by atoms with Crippen molar-refractivity contribution in [1.29, 1.82) is 0 Å². The maximum atomic E-state index is 2.19. The van der Waals surface area contributed by atoms with Gasteiger partial charge in [-0.3, -0.25) is 0 Å². The summed E-state index contributed by atoms with van der Waals surface area (Å²) in [4.78, 5) is 2.19. The van der Waals surface area contributed by atoms with E-state index >= 15 is 0 Å². The van der Waals surface area contributed by atoms with E-state index in [-0.39, 0.29) is 12.4 Å². The van der Waals surface area contributed by atoms with Gasteiger partial charge in [0.2, 0.25) is 0 Å². The van der Waals surface area contributed by atoms with Crippen molar-refractivity contribution in [3.63, 3.8) is 0 Å². The average molecular weight is 138 g/mol. The van der Waals surface area contributed by atoms with Gasteiger partial charge in [-0.15, -0.1) is 12.4 Å². The molecule has 2 heteroatoms. The van der Waals surface area contributed by atoms with Crippen molar-refractivity contribution in [1.82, 2.24) is 4.90 Å². The van der Waals surface area contributed by atoms with E-state index in [0.717, 1.165) is 0 Å². The zero-order valence-electron chi connectivity index (χ0n) is 6.36. The van der Waals surface area contributed by atoms with E-state index in [4.69, 9.17) is 0 Å². The third kappa shape index (κ3) is 4.41. The van der Waals surface area contributed by atoms with Crippen LogP contribution in [0.25, 0.3) is 0 Å². The van der Waals surface area contributed by atoms with Crippen LogP contribution in [0.2, 0.25) is 0 Å². The van der Waals surface area contributed by atoms with Crippen LogP contribution >= 0.6 is 12.4 Å². The summed E-state index contributed by atoms with van der Waals surface area (Å²) in [5, 5.41) is 0. The smallest absolute Gasteiger partial charge is 0.0118 e. The SMILES string of the molecule is CN(C)C(C)(C)C.Cl. The quantitative estimate of drug-likeness (QED) is 0.492. The van der Waals surface area contributed by atoms with Crippen LogP contribution in [0, 0.1) is 0 Å². The summed E-state index contributed by atoms with van der Waals surface area (Å²) in [5.41, 5.74) is 0.333. The molecule has 0 aliphatic rings. The van der Waals surface area contributed by atoms with E-state index in [9.17, 15) is 0 Å². The maximum Gasteiger partial charge on any atom is 0.0118 e. The Morgan fingerprint density at radius 1 is 1.00 bits per heavy atom. The van der Waals surface area contributed by atoms with Crippen LogP contribution in [0.5, 0.6) is 0 Å². The van der Waals surface area contributed by atoms with Crippen molar-refractivity contribution in [3.05, 3.63) is 0 Å². The van der Waals surface area contributed by atoms with Crippen LogP contribution in [0.4, 0.5) is 0 Å². The van der Waals surface area contributed by atoms with Crippen molar-refractivity contribution in [2.45, 2.75) is 26.3 Å². The molecule has 8 heavy (non-hydrogen) atoms. The molecule has 0 rings (SSSR count). The van der Waals surface area contributed by atoms with Crippen LogP contribution in [0.1, 0.15) is 20.8 Å². The van der Waals surface area contributed by atoms with Crippen LogP contribution in [-0.2, 0) is 0 Å². The van der Waals surface area contributed by atoms with Crippen molar-refractivity contribution in [3.8, 4) is 0 Å². The molecule has 0 amide bonds. The van der Waals surface area contributed by atoms with Crippen LogP contribution in [0.3, 0.4) is 0 Å². The highest BCUT2D eigenvalue weighted by Gasteiger charge is 2.10. The monoisotopic (exact) mass is 137 g/mol. The molecular formula is C6H16ClN. The van der Waals surface area contributed by atoms with Crippen molar-refractivity contribution >= 4 is 12.4 Å². The van der Waals surface area contributed by atoms with Gasteiger partial charge in [0, 0.05) is 5.54 Å². The third-order valence-electron chi connectivity index (χ3n) is 1.34. The lowest BCUT2D eigenvalue weighted by Gasteiger charge is -2.27. The predicted octanol–water partition coefficient (Wildman–Crippen LogP) is 1.77. The third-order valence-corrected chi connectivity index (χ3v) is 1.34. The molecule has 0 aromatic heterocycles. The Morgan fingerprint density at radius 2 is 1.12 bits per heavy atom. The molecule has 0 N–H and O–H groups in total. The van der Waals surface area contributed by atoms with E-state index in [1.54, 1.807) is 0 Å². The first kappa shape index (κ1) is 11.1. The van der Waals surface area contributed by atoms with Crippen LogP contribution in [-0.4, -0.2) is 24.5 Å². The molecule has 0 spiro atoms. The average Bonchev–Trinajstić information content (AvgIpc) is 1.31. The molecule has 0 fully saturated rings. The van der Waals surface area contributed by atoms with Gasteiger partial charge in [-0.1, -0.05) is 0 Å². The molecular weight excluding hydrogens is 122 g/mol. The number of hydrogen-bond donors (Lipinski definition) is 0. The summed E-state index contributed by atoms with van der Waals surface area (Å²) in [6.07, 6.45) is 0. The van der Waals surface area contributed by atoms with Crippen molar-refractivity contribution < 1.29 is 0 Å². The molecule has 0 unspecified atom stereocenters. The highest BCUT2D eigenvalue weighted by molar-refractivity contribution is 5.85. The predicted molar refractivity (Wildman–Crippen MR) is 40.7 cm³/mol. The summed E-state index contributed by atoms with van der Waals surface area (Å²) in [5.74, 6) is 0. The lowest BCUT2D eigenvalue weighted by molar-refractivity contribution is 0.219. The second kappa shape index (κ2) is 3.31. The van der Waals surface area contributed by atoms with Gasteiger partial charge in [0.15, 0.2) is 0 Å². The fourth-order valence-corrected chi connectivity index (χ4v) is 0. The topological polar surface area (TPSA) is 3.24 Å². The fraction of sp³-hybridized carbons (Fsp3) is 1.00. The minimum Gasteiger partial charge on any atom is -0.305 e. The Balaban J connectivity index is 0. The van der Waals surface area contributed by atoms with Gasteiger partial charge in [0.1, 0.15) is 0 Å². The van der Waals surface area contributed by atoms with Gasteiger partial charge in [-0.05, 0) is 34.9 Å². The van der Waals surface area contributed by atoms with E-state index < -0.39 is 0 Å². The normalized spacial score (nSPS) is 11.2. The summed E-state index contributed by atoms with van der Waals surface area (Å²) in [6, 6.07) is 0. The molecule has 0 aromatic rings. The lowest BCUT2D eigenvalue weighted by Crippen LogP contribution is -2.34. The van der Waals surface area contributed by atoms with E-state index in [2.05, 4.69) is 39.8 Å². The molecule has 0 aliphatic carbocycles. The first-order chi connectivity index (χ1) is 2.94. The first-order valence-electron chi connectivity index (χ1n) is 2.62. The maximum absolute atomic E-state index is 2.19. The number of nitrogens with zero attached hydrogens (tertiary/aromatic N) is 1. The zero-order valence-corrected chi connectivity index (χ0v) is 7.17. The minimum absolute atomic E-state index is 0. The summed E-state index contributed by atoms with van der Waals surface area (Å²) in [6.45, 7) is 6.56. The highest BCUT2D eigenvalue weighted by atomic mass is 35.5. The van der Waals surface area contributed by atoms with Gasteiger partial charge >= 0.3 is 0 Å². The molecule has 52 valence electrons. The Morgan fingerprint density at radius 3 is 1.12 bits per heavy atom. The molecule has 1 nitrogen and oxygen atoms in total. The molecule has 0 atom stereocenters.